The molecule has 0 aliphatic carbocycles. The van der Waals surface area contributed by atoms with Gasteiger partial charge in [0.15, 0.2) is 7.14 Å². The molecule has 0 saturated heterocycles. The Bertz CT molecular complexity index is 1920. The van der Waals surface area contributed by atoms with Gasteiger partial charge < -0.3 is 4.57 Å². The Hall–Kier alpha value is -4.79. The molecule has 0 amide bonds. The molecule has 0 atom stereocenters. The molecule has 0 aliphatic rings. The number of fused-ring (bicyclic) bond motifs is 3. The van der Waals surface area contributed by atoms with Crippen molar-refractivity contribution >= 4 is 39.9 Å². The standard InChI is InChI=1S/C34H24N3OP/c38-39(27-14-6-2-7-15-27,28-16-8-3-9-17-28)29-22-20-26(21-23-29)33-24-31(25-12-4-1-5-13-25)36-34-35-30-18-10-11-19-32(30)37(33)34/h1-24H. The van der Waals surface area contributed by atoms with E-state index in [1.165, 1.54) is 0 Å². The molecule has 0 saturated carbocycles. The summed E-state index contributed by atoms with van der Waals surface area (Å²) in [7, 11) is -3.05. The Balaban J connectivity index is 1.43. The zero-order valence-electron chi connectivity index (χ0n) is 21.1. The van der Waals surface area contributed by atoms with Crippen LogP contribution in [0, 0.1) is 0 Å². The normalized spacial score (nSPS) is 11.7. The second-order valence-electron chi connectivity index (χ2n) is 9.46. The van der Waals surface area contributed by atoms with Gasteiger partial charge in [-0.2, -0.15) is 0 Å². The average molecular weight is 522 g/mol. The highest BCUT2D eigenvalue weighted by molar-refractivity contribution is 7.85. The summed E-state index contributed by atoms with van der Waals surface area (Å²) < 4.78 is 16.9. The maximum atomic E-state index is 14.8. The molecular formula is C34H24N3OP. The molecule has 0 spiro atoms. The molecular weight excluding hydrogens is 497 g/mol. The first-order chi connectivity index (χ1) is 19.2. The lowest BCUT2D eigenvalue weighted by Crippen LogP contribution is -2.24. The summed E-state index contributed by atoms with van der Waals surface area (Å²) in [6.07, 6.45) is 0. The number of rotatable bonds is 5. The third-order valence-electron chi connectivity index (χ3n) is 7.11. The summed E-state index contributed by atoms with van der Waals surface area (Å²) in [6.45, 7) is 0. The van der Waals surface area contributed by atoms with E-state index in [9.17, 15) is 4.57 Å². The molecule has 0 radical (unpaired) electrons. The quantitative estimate of drug-likeness (QED) is 0.233. The van der Waals surface area contributed by atoms with Gasteiger partial charge in [-0.1, -0.05) is 127 Å². The zero-order valence-corrected chi connectivity index (χ0v) is 21.9. The summed E-state index contributed by atoms with van der Waals surface area (Å²) in [6, 6.07) is 48.0. The summed E-state index contributed by atoms with van der Waals surface area (Å²) in [5.74, 6) is 0.649. The van der Waals surface area contributed by atoms with Crippen LogP contribution in [0.5, 0.6) is 0 Å². The third kappa shape index (κ3) is 3.98. The van der Waals surface area contributed by atoms with Crippen LogP contribution in [-0.2, 0) is 4.57 Å². The highest BCUT2D eigenvalue weighted by atomic mass is 31.2. The Labute approximate surface area is 226 Å². The van der Waals surface area contributed by atoms with Gasteiger partial charge in [0, 0.05) is 21.5 Å². The molecule has 0 fully saturated rings. The molecule has 7 aromatic rings. The van der Waals surface area contributed by atoms with Crippen molar-refractivity contribution in [1.29, 1.82) is 0 Å². The molecule has 0 unspecified atom stereocenters. The molecule has 5 aromatic carbocycles. The fourth-order valence-electron chi connectivity index (χ4n) is 5.19. The third-order valence-corrected chi connectivity index (χ3v) is 10.2. The van der Waals surface area contributed by atoms with Gasteiger partial charge in [0.2, 0.25) is 5.78 Å². The minimum Gasteiger partial charge on any atom is -0.309 e. The monoisotopic (exact) mass is 521 g/mol. The molecule has 4 nitrogen and oxygen atoms in total. The Morgan fingerprint density at radius 3 is 1.69 bits per heavy atom. The number of aromatic nitrogens is 3. The molecule has 0 aliphatic heterocycles. The van der Waals surface area contributed by atoms with E-state index in [0.29, 0.717) is 5.78 Å². The van der Waals surface area contributed by atoms with E-state index < -0.39 is 7.14 Å². The smallest absolute Gasteiger partial charge is 0.235 e. The van der Waals surface area contributed by atoms with E-state index in [-0.39, 0.29) is 0 Å². The molecule has 2 heterocycles. The predicted molar refractivity (Wildman–Crippen MR) is 161 cm³/mol. The van der Waals surface area contributed by atoms with Crippen LogP contribution < -0.4 is 15.9 Å². The van der Waals surface area contributed by atoms with Gasteiger partial charge in [0.05, 0.1) is 22.4 Å². The molecule has 5 heteroatoms. The Morgan fingerprint density at radius 2 is 1.05 bits per heavy atom. The average Bonchev–Trinajstić information content (AvgIpc) is 3.40. The molecule has 0 N–H and O–H groups in total. The largest absolute Gasteiger partial charge is 0.309 e. The molecule has 2 aromatic heterocycles. The predicted octanol–water partition coefficient (Wildman–Crippen LogP) is 6.86. The first-order valence-corrected chi connectivity index (χ1v) is 14.6. The van der Waals surface area contributed by atoms with E-state index in [1.54, 1.807) is 0 Å². The summed E-state index contributed by atoms with van der Waals surface area (Å²) in [5, 5.41) is 2.44. The van der Waals surface area contributed by atoms with Crippen LogP contribution in [0.25, 0.3) is 39.3 Å². The van der Waals surface area contributed by atoms with Crippen molar-refractivity contribution in [3.05, 3.63) is 146 Å². The van der Waals surface area contributed by atoms with Crippen LogP contribution >= 0.6 is 7.14 Å². The van der Waals surface area contributed by atoms with Crippen molar-refractivity contribution in [1.82, 2.24) is 14.4 Å². The van der Waals surface area contributed by atoms with Gasteiger partial charge >= 0.3 is 0 Å². The minimum atomic E-state index is -3.05. The van der Waals surface area contributed by atoms with Crippen molar-refractivity contribution in [2.75, 3.05) is 0 Å². The maximum absolute atomic E-state index is 14.8. The number of benzene rings is 5. The Morgan fingerprint density at radius 1 is 0.513 bits per heavy atom. The van der Waals surface area contributed by atoms with Crippen LogP contribution in [0.4, 0.5) is 0 Å². The van der Waals surface area contributed by atoms with E-state index in [1.807, 2.05) is 109 Å². The zero-order chi connectivity index (χ0) is 26.2. The van der Waals surface area contributed by atoms with Crippen LogP contribution in [0.15, 0.2) is 146 Å². The first-order valence-electron chi connectivity index (χ1n) is 12.9. The first kappa shape index (κ1) is 23.3. The van der Waals surface area contributed by atoms with Gasteiger partial charge in [-0.15, -0.1) is 0 Å². The van der Waals surface area contributed by atoms with Gasteiger partial charge in [-0.05, 0) is 23.8 Å². The molecule has 7 rings (SSSR count). The topological polar surface area (TPSA) is 47.3 Å². The number of para-hydroxylation sites is 2. The Kier molecular flexibility index (Phi) is 5.69. The van der Waals surface area contributed by atoms with Gasteiger partial charge in [0.25, 0.3) is 0 Å². The van der Waals surface area contributed by atoms with E-state index in [4.69, 9.17) is 9.97 Å². The second-order valence-corrected chi connectivity index (χ2v) is 12.2. The highest BCUT2D eigenvalue weighted by Crippen LogP contribution is 2.42. The molecule has 186 valence electrons. The SMILES string of the molecule is O=P(c1ccccc1)(c1ccccc1)c1ccc(-c2cc(-c3ccccc3)nc3nc4ccccc4n23)cc1. The number of nitrogens with zero attached hydrogens (tertiary/aromatic N) is 3. The summed E-state index contributed by atoms with van der Waals surface area (Å²) in [4.78, 5) is 9.74. The van der Waals surface area contributed by atoms with Gasteiger partial charge in [-0.25, -0.2) is 9.97 Å². The van der Waals surface area contributed by atoms with Crippen molar-refractivity contribution in [3.8, 4) is 22.5 Å². The lowest BCUT2D eigenvalue weighted by Gasteiger charge is -2.20. The summed E-state index contributed by atoms with van der Waals surface area (Å²) >= 11 is 0. The van der Waals surface area contributed by atoms with E-state index >= 15 is 0 Å². The van der Waals surface area contributed by atoms with Crippen molar-refractivity contribution < 1.29 is 4.57 Å². The van der Waals surface area contributed by atoms with Gasteiger partial charge in [0.1, 0.15) is 0 Å². The van der Waals surface area contributed by atoms with Crippen molar-refractivity contribution in [3.63, 3.8) is 0 Å². The lowest BCUT2D eigenvalue weighted by molar-refractivity contribution is 0.592. The van der Waals surface area contributed by atoms with Crippen LogP contribution in [0.2, 0.25) is 0 Å². The van der Waals surface area contributed by atoms with Crippen molar-refractivity contribution in [2.45, 2.75) is 0 Å². The molecule has 0 bridgehead atoms. The maximum Gasteiger partial charge on any atom is 0.235 e. The lowest BCUT2D eigenvalue weighted by atomic mass is 10.1. The minimum absolute atomic E-state index is 0.649. The highest BCUT2D eigenvalue weighted by Gasteiger charge is 2.29. The fourth-order valence-corrected chi connectivity index (χ4v) is 7.84. The van der Waals surface area contributed by atoms with E-state index in [2.05, 4.69) is 40.8 Å². The summed E-state index contributed by atoms with van der Waals surface area (Å²) in [5.41, 5.74) is 5.76. The number of hydrogen-bond donors (Lipinski definition) is 0. The van der Waals surface area contributed by atoms with Crippen LogP contribution in [0.3, 0.4) is 0 Å². The van der Waals surface area contributed by atoms with Crippen molar-refractivity contribution in [2.24, 2.45) is 0 Å². The number of imidazole rings is 1. The van der Waals surface area contributed by atoms with Gasteiger partial charge in [-0.3, -0.25) is 4.40 Å². The number of hydrogen-bond acceptors (Lipinski definition) is 3. The second kappa shape index (κ2) is 9.50. The molecule has 39 heavy (non-hydrogen) atoms. The van der Waals surface area contributed by atoms with Crippen LogP contribution in [-0.4, -0.2) is 14.4 Å². The van der Waals surface area contributed by atoms with Crippen LogP contribution in [0.1, 0.15) is 0 Å². The van der Waals surface area contributed by atoms with E-state index in [0.717, 1.165) is 49.5 Å². The fraction of sp³-hybridized carbons (Fsp3) is 0.